The molecule has 0 bridgehead atoms. The first kappa shape index (κ1) is 28.4. The molecule has 202 valence electrons. The van der Waals surface area contributed by atoms with Gasteiger partial charge in [0.15, 0.2) is 9.84 Å². The summed E-state index contributed by atoms with van der Waals surface area (Å²) in [4.78, 5) is 26.6. The summed E-state index contributed by atoms with van der Waals surface area (Å²) in [5.74, 6) is -1.45. The van der Waals surface area contributed by atoms with Crippen LogP contribution in [0.5, 0.6) is 0 Å². The van der Waals surface area contributed by atoms with Crippen LogP contribution in [0, 0.1) is 0 Å². The predicted octanol–water partition coefficient (Wildman–Crippen LogP) is 3.88. The Labute approximate surface area is 208 Å². The standard InChI is InChI=1S/C23H22F6N2O5S/c1-3-37(35,36)17-8-9-18-14(12-17)10-11-31(13(2)32)19(18)20(33)30-16-6-4-15(5-7-16)21(34,22(24,25)26)23(27,28)29/h4-9,12,19,34H,3,10-11H2,1-2H3,(H,30,33)/t19-/m1/s1. The zero-order chi connectivity index (χ0) is 28.0. The fourth-order valence-electron chi connectivity index (χ4n) is 4.08. The second kappa shape index (κ2) is 9.63. The van der Waals surface area contributed by atoms with Crippen LogP contribution in [0.1, 0.15) is 36.6 Å². The number of halogens is 6. The van der Waals surface area contributed by atoms with E-state index in [-0.39, 0.29) is 29.3 Å². The smallest absolute Gasteiger partial charge is 0.369 e. The summed E-state index contributed by atoms with van der Waals surface area (Å²) in [7, 11) is -3.55. The molecule has 3 rings (SSSR count). The van der Waals surface area contributed by atoms with E-state index in [0.29, 0.717) is 23.3 Å². The number of nitrogens with zero attached hydrogens (tertiary/aromatic N) is 1. The van der Waals surface area contributed by atoms with Crippen molar-refractivity contribution in [3.63, 3.8) is 0 Å². The maximum absolute atomic E-state index is 13.2. The van der Waals surface area contributed by atoms with E-state index in [2.05, 4.69) is 5.32 Å². The van der Waals surface area contributed by atoms with Crippen molar-refractivity contribution in [2.24, 2.45) is 0 Å². The number of carbonyl (C=O) groups is 2. The Morgan fingerprint density at radius 1 is 1.03 bits per heavy atom. The van der Waals surface area contributed by atoms with Gasteiger partial charge in [-0.15, -0.1) is 0 Å². The van der Waals surface area contributed by atoms with E-state index in [9.17, 15) is 49.5 Å². The Kier molecular flexibility index (Phi) is 7.41. The van der Waals surface area contributed by atoms with Crippen LogP contribution in [0.4, 0.5) is 32.0 Å². The minimum atomic E-state index is -6.06. The lowest BCUT2D eigenvalue weighted by Gasteiger charge is -2.36. The van der Waals surface area contributed by atoms with Gasteiger partial charge in [-0.3, -0.25) is 9.59 Å². The molecule has 1 aliphatic heterocycles. The summed E-state index contributed by atoms with van der Waals surface area (Å²) in [6.07, 6.45) is -11.9. The molecule has 0 saturated heterocycles. The van der Waals surface area contributed by atoms with Gasteiger partial charge in [0, 0.05) is 24.7 Å². The molecule has 0 fully saturated rings. The van der Waals surface area contributed by atoms with Crippen molar-refractivity contribution in [1.82, 2.24) is 4.90 Å². The number of benzene rings is 2. The predicted molar refractivity (Wildman–Crippen MR) is 119 cm³/mol. The second-order valence-electron chi connectivity index (χ2n) is 8.40. The Morgan fingerprint density at radius 3 is 2.08 bits per heavy atom. The number of hydrogen-bond donors (Lipinski definition) is 2. The van der Waals surface area contributed by atoms with Gasteiger partial charge >= 0.3 is 12.4 Å². The third kappa shape index (κ3) is 5.17. The number of rotatable bonds is 5. The molecule has 2 N–H and O–H groups in total. The van der Waals surface area contributed by atoms with Gasteiger partial charge in [0.1, 0.15) is 6.04 Å². The highest BCUT2D eigenvalue weighted by Crippen LogP contribution is 2.50. The van der Waals surface area contributed by atoms with Crippen molar-refractivity contribution < 1.29 is 49.5 Å². The Hall–Kier alpha value is -3.13. The number of sulfone groups is 1. The number of fused-ring (bicyclic) bond motifs is 1. The molecule has 0 unspecified atom stereocenters. The van der Waals surface area contributed by atoms with Gasteiger partial charge in [0.05, 0.1) is 10.6 Å². The SMILES string of the molecule is CCS(=O)(=O)c1ccc2c(c1)CCN(C(C)=O)[C@H]2C(=O)Nc1ccc(C(O)(C(F)(F)F)C(F)(F)F)cc1. The molecule has 0 radical (unpaired) electrons. The van der Waals surface area contributed by atoms with Gasteiger partial charge in [-0.05, 0) is 41.8 Å². The summed E-state index contributed by atoms with van der Waals surface area (Å²) < 4.78 is 103. The largest absolute Gasteiger partial charge is 0.430 e. The average molecular weight is 552 g/mol. The van der Waals surface area contributed by atoms with E-state index in [1.165, 1.54) is 36.9 Å². The highest BCUT2D eigenvalue weighted by Gasteiger charge is 2.71. The van der Waals surface area contributed by atoms with Crippen molar-refractivity contribution in [1.29, 1.82) is 0 Å². The Balaban J connectivity index is 1.95. The van der Waals surface area contributed by atoms with Crippen molar-refractivity contribution in [2.45, 2.75) is 49.2 Å². The quantitative estimate of drug-likeness (QED) is 0.549. The van der Waals surface area contributed by atoms with Crippen molar-refractivity contribution in [2.75, 3.05) is 17.6 Å². The number of hydrogen-bond acceptors (Lipinski definition) is 5. The number of anilines is 1. The van der Waals surface area contributed by atoms with E-state index < -0.39 is 51.2 Å². The van der Waals surface area contributed by atoms with E-state index in [0.717, 1.165) is 12.1 Å². The Morgan fingerprint density at radius 2 is 1.59 bits per heavy atom. The molecule has 7 nitrogen and oxygen atoms in total. The third-order valence-corrected chi connectivity index (χ3v) is 7.86. The maximum Gasteiger partial charge on any atom is 0.430 e. The highest BCUT2D eigenvalue weighted by atomic mass is 32.2. The molecule has 0 spiro atoms. The third-order valence-electron chi connectivity index (χ3n) is 6.13. The first-order valence-corrected chi connectivity index (χ1v) is 12.5. The van der Waals surface area contributed by atoms with E-state index in [4.69, 9.17) is 0 Å². The molecular formula is C23H22F6N2O5S. The zero-order valence-corrected chi connectivity index (χ0v) is 20.3. The topological polar surface area (TPSA) is 104 Å². The molecule has 2 amide bonds. The molecule has 2 aromatic rings. The highest BCUT2D eigenvalue weighted by molar-refractivity contribution is 7.91. The normalized spacial score (nSPS) is 16.8. The van der Waals surface area contributed by atoms with Crippen molar-refractivity contribution >= 4 is 27.3 Å². The average Bonchev–Trinajstić information content (AvgIpc) is 2.81. The summed E-state index contributed by atoms with van der Waals surface area (Å²) in [5.41, 5.74) is -5.98. The van der Waals surface area contributed by atoms with E-state index in [1.807, 2.05) is 0 Å². The number of nitrogens with one attached hydrogen (secondary N) is 1. The molecular weight excluding hydrogens is 530 g/mol. The lowest BCUT2D eigenvalue weighted by Crippen LogP contribution is -2.53. The number of amides is 2. The summed E-state index contributed by atoms with van der Waals surface area (Å²) >= 11 is 0. The van der Waals surface area contributed by atoms with Gasteiger partial charge in [-0.2, -0.15) is 26.3 Å². The minimum absolute atomic E-state index is 0.0431. The van der Waals surface area contributed by atoms with Gasteiger partial charge < -0.3 is 15.3 Å². The van der Waals surface area contributed by atoms with Crippen LogP contribution in [-0.4, -0.2) is 54.9 Å². The minimum Gasteiger partial charge on any atom is -0.369 e. The molecule has 1 aliphatic rings. The molecule has 2 aromatic carbocycles. The van der Waals surface area contributed by atoms with Gasteiger partial charge in [0.2, 0.25) is 5.91 Å². The molecule has 0 saturated carbocycles. The molecule has 14 heteroatoms. The fourth-order valence-corrected chi connectivity index (χ4v) is 5.01. The lowest BCUT2D eigenvalue weighted by molar-refractivity contribution is -0.376. The monoisotopic (exact) mass is 552 g/mol. The summed E-state index contributed by atoms with van der Waals surface area (Å²) in [6.45, 7) is 2.75. The van der Waals surface area contributed by atoms with Crippen LogP contribution in [0.15, 0.2) is 47.4 Å². The van der Waals surface area contributed by atoms with Crippen LogP contribution in [0.2, 0.25) is 0 Å². The molecule has 1 heterocycles. The second-order valence-corrected chi connectivity index (χ2v) is 10.7. The fraction of sp³-hybridized carbons (Fsp3) is 0.391. The molecule has 1 atom stereocenters. The number of alkyl halides is 6. The van der Waals surface area contributed by atoms with Crippen LogP contribution >= 0.6 is 0 Å². The van der Waals surface area contributed by atoms with Crippen LogP contribution in [-0.2, 0) is 31.4 Å². The van der Waals surface area contributed by atoms with Crippen molar-refractivity contribution in [3.8, 4) is 0 Å². The van der Waals surface area contributed by atoms with Crippen LogP contribution < -0.4 is 5.32 Å². The van der Waals surface area contributed by atoms with Gasteiger partial charge in [-0.1, -0.05) is 25.1 Å². The number of carbonyl (C=O) groups excluding carboxylic acids is 2. The van der Waals surface area contributed by atoms with Crippen LogP contribution in [0.3, 0.4) is 0 Å². The van der Waals surface area contributed by atoms with Gasteiger partial charge in [0.25, 0.3) is 11.5 Å². The lowest BCUT2D eigenvalue weighted by atomic mass is 9.91. The Bertz CT molecular complexity index is 1290. The van der Waals surface area contributed by atoms with Crippen LogP contribution in [0.25, 0.3) is 0 Å². The summed E-state index contributed by atoms with van der Waals surface area (Å²) in [5, 5.41) is 11.9. The summed E-state index contributed by atoms with van der Waals surface area (Å²) in [6, 6.07) is 5.16. The van der Waals surface area contributed by atoms with Gasteiger partial charge in [-0.25, -0.2) is 8.42 Å². The van der Waals surface area contributed by atoms with E-state index in [1.54, 1.807) is 0 Å². The molecule has 0 aromatic heterocycles. The number of aliphatic hydroxyl groups is 1. The first-order chi connectivity index (χ1) is 16.9. The van der Waals surface area contributed by atoms with Crippen molar-refractivity contribution in [3.05, 3.63) is 59.2 Å². The molecule has 37 heavy (non-hydrogen) atoms. The van der Waals surface area contributed by atoms with E-state index >= 15 is 0 Å². The first-order valence-electron chi connectivity index (χ1n) is 10.8. The maximum atomic E-state index is 13.2. The molecule has 0 aliphatic carbocycles. The zero-order valence-electron chi connectivity index (χ0n) is 19.4.